The predicted octanol–water partition coefficient (Wildman–Crippen LogP) is 4.40. The van der Waals surface area contributed by atoms with Gasteiger partial charge in [0.05, 0.1) is 7.18 Å². The van der Waals surface area contributed by atoms with Crippen LogP contribution in [0.15, 0.2) is 18.2 Å². The summed E-state index contributed by atoms with van der Waals surface area (Å²) in [5, 5.41) is 0.818. The first kappa shape index (κ1) is 15.2. The fourth-order valence-electron chi connectivity index (χ4n) is 0.705. The molecular weight excluding hydrogens is 210 g/mol. The summed E-state index contributed by atoms with van der Waals surface area (Å²) < 4.78 is 9.50. The molecule has 0 N–H and O–H groups in total. The molecule has 13 heavy (non-hydrogen) atoms. The van der Waals surface area contributed by atoms with Gasteiger partial charge in [-0.3, -0.25) is 4.39 Å². The summed E-state index contributed by atoms with van der Waals surface area (Å²) in [6.45, 7) is 4.13. The molecule has 0 amide bonds. The zero-order valence-electron chi connectivity index (χ0n) is 8.37. The largest absolute Gasteiger partial charge is 0.255 e. The summed E-state index contributed by atoms with van der Waals surface area (Å²) in [6, 6.07) is 5.90. The molecule has 0 unspecified atom stereocenters. The number of hydrogen-bond donors (Lipinski definition) is 0. The van der Waals surface area contributed by atoms with Gasteiger partial charge in [-0.2, -0.15) is 0 Å². The fraction of sp³-hybridized carbons (Fsp3) is 0.400. The molecule has 0 saturated carbocycles. The third kappa shape index (κ3) is 6.85. The third-order valence-corrected chi connectivity index (χ3v) is 1.70. The Labute approximate surface area is 89.7 Å². The Hall–Kier alpha value is -0.270. The quantitative estimate of drug-likeness (QED) is 0.574. The van der Waals surface area contributed by atoms with E-state index in [1.165, 1.54) is 17.5 Å². The highest BCUT2D eigenvalue weighted by molar-refractivity contribution is 6.30. The molecule has 0 aromatic heterocycles. The van der Waals surface area contributed by atoms with Crippen molar-refractivity contribution in [2.45, 2.75) is 13.8 Å². The van der Waals surface area contributed by atoms with E-state index in [0.717, 1.165) is 5.02 Å². The van der Waals surface area contributed by atoms with E-state index in [9.17, 15) is 4.39 Å². The molecule has 0 aliphatic rings. The lowest BCUT2D eigenvalue weighted by Crippen LogP contribution is -1.77. The van der Waals surface area contributed by atoms with Crippen LogP contribution in [0.5, 0.6) is 0 Å². The van der Waals surface area contributed by atoms with Gasteiger partial charge in [-0.15, -0.1) is 11.6 Å². The highest BCUT2D eigenvalue weighted by Crippen LogP contribution is 2.13. The summed E-state index contributed by atoms with van der Waals surface area (Å²) in [6.07, 6.45) is 1.47. The van der Waals surface area contributed by atoms with Crippen molar-refractivity contribution in [3.8, 4) is 0 Å². The second kappa shape index (κ2) is 9.82. The van der Waals surface area contributed by atoms with Crippen molar-refractivity contribution in [3.05, 3.63) is 34.3 Å². The van der Waals surface area contributed by atoms with Crippen LogP contribution in [0.2, 0.25) is 5.02 Å². The number of alkyl halides is 2. The molecule has 1 aromatic rings. The highest BCUT2D eigenvalue weighted by Gasteiger charge is 1.90. The average Bonchev–Trinajstić information content (AvgIpc) is 2.18. The van der Waals surface area contributed by atoms with Gasteiger partial charge in [-0.05, 0) is 37.1 Å². The molecule has 0 spiro atoms. The molecule has 0 radical (unpaired) electrons. The van der Waals surface area contributed by atoms with Crippen molar-refractivity contribution < 1.29 is 4.39 Å². The van der Waals surface area contributed by atoms with E-state index in [1.807, 2.05) is 18.2 Å². The maximum Gasteiger partial charge on any atom is 0.0785 e. The molecular formula is C10H15Cl2F. The van der Waals surface area contributed by atoms with Crippen molar-refractivity contribution in [1.82, 2.24) is 0 Å². The summed E-state index contributed by atoms with van der Waals surface area (Å²) in [5.74, 6) is 0. The van der Waals surface area contributed by atoms with Gasteiger partial charge in [0.2, 0.25) is 0 Å². The predicted molar refractivity (Wildman–Crippen MR) is 59.7 cm³/mol. The van der Waals surface area contributed by atoms with Gasteiger partial charge in [0.25, 0.3) is 0 Å². The van der Waals surface area contributed by atoms with Crippen LogP contribution < -0.4 is 0 Å². The minimum atomic E-state index is 0.500. The normalized spacial score (nSPS) is 7.62. The van der Waals surface area contributed by atoms with Gasteiger partial charge >= 0.3 is 0 Å². The van der Waals surface area contributed by atoms with Crippen LogP contribution in [0.25, 0.3) is 0 Å². The zero-order valence-corrected chi connectivity index (χ0v) is 9.88. The minimum Gasteiger partial charge on any atom is -0.255 e. The van der Waals surface area contributed by atoms with Crippen molar-refractivity contribution in [2.24, 2.45) is 0 Å². The molecule has 0 fully saturated rings. The third-order valence-electron chi connectivity index (χ3n) is 1.47. The number of aryl methyl sites for hydroxylation is 2. The zero-order chi connectivity index (χ0) is 10.9. The van der Waals surface area contributed by atoms with Gasteiger partial charge < -0.3 is 0 Å². The van der Waals surface area contributed by atoms with E-state index in [4.69, 9.17) is 11.6 Å². The second-order valence-electron chi connectivity index (χ2n) is 2.23. The maximum absolute atomic E-state index is 9.50. The second-order valence-corrected chi connectivity index (χ2v) is 2.67. The molecule has 1 rings (SSSR count). The van der Waals surface area contributed by atoms with Crippen LogP contribution in [-0.2, 0) is 0 Å². The van der Waals surface area contributed by atoms with Gasteiger partial charge in [-0.25, -0.2) is 0 Å². The standard InChI is InChI=1S/C8H9Cl.CH3Cl.CH3F/c1-6-3-4-8(9)5-7(6)2;2*1-2/h3-5H,1-2H3;2*1H3. The van der Waals surface area contributed by atoms with Gasteiger partial charge in [0.1, 0.15) is 0 Å². The molecule has 0 atom stereocenters. The Bertz CT molecular complexity index is 224. The first-order valence-corrected chi connectivity index (χ1v) is 4.82. The first-order valence-electron chi connectivity index (χ1n) is 3.68. The summed E-state index contributed by atoms with van der Waals surface area (Å²) >= 11 is 10.4. The van der Waals surface area contributed by atoms with Crippen molar-refractivity contribution in [1.29, 1.82) is 0 Å². The topological polar surface area (TPSA) is 0 Å². The van der Waals surface area contributed by atoms with E-state index >= 15 is 0 Å². The lowest BCUT2D eigenvalue weighted by atomic mass is 10.1. The molecule has 0 saturated heterocycles. The number of hydrogen-bond acceptors (Lipinski definition) is 0. The molecule has 1 aromatic carbocycles. The Morgan fingerprint density at radius 1 is 1.00 bits per heavy atom. The fourth-order valence-corrected chi connectivity index (χ4v) is 0.931. The highest BCUT2D eigenvalue weighted by atomic mass is 35.5. The molecule has 0 aliphatic heterocycles. The van der Waals surface area contributed by atoms with E-state index < -0.39 is 0 Å². The van der Waals surface area contributed by atoms with Crippen LogP contribution in [0, 0.1) is 13.8 Å². The van der Waals surface area contributed by atoms with Crippen LogP contribution in [0.3, 0.4) is 0 Å². The minimum absolute atomic E-state index is 0.500. The Morgan fingerprint density at radius 2 is 1.46 bits per heavy atom. The van der Waals surface area contributed by atoms with Crippen molar-refractivity contribution in [3.63, 3.8) is 0 Å². The van der Waals surface area contributed by atoms with Gasteiger partial charge in [0, 0.05) is 11.4 Å². The first-order chi connectivity index (χ1) is 6.20. The number of halogens is 3. The van der Waals surface area contributed by atoms with E-state index in [2.05, 4.69) is 25.4 Å². The van der Waals surface area contributed by atoms with Crippen molar-refractivity contribution >= 4 is 23.2 Å². The Morgan fingerprint density at radius 3 is 1.77 bits per heavy atom. The number of benzene rings is 1. The van der Waals surface area contributed by atoms with Gasteiger partial charge in [-0.1, -0.05) is 17.7 Å². The summed E-state index contributed by atoms with van der Waals surface area (Å²) in [5.41, 5.74) is 2.54. The van der Waals surface area contributed by atoms with E-state index in [-0.39, 0.29) is 0 Å². The SMILES string of the molecule is CCl.CF.Cc1ccc(Cl)cc1C. The maximum atomic E-state index is 9.50. The van der Waals surface area contributed by atoms with Crippen LogP contribution in [0.1, 0.15) is 11.1 Å². The van der Waals surface area contributed by atoms with Crippen LogP contribution in [0.4, 0.5) is 4.39 Å². The molecule has 3 heteroatoms. The molecule has 0 nitrogen and oxygen atoms in total. The molecule has 76 valence electrons. The van der Waals surface area contributed by atoms with Crippen molar-refractivity contribution in [2.75, 3.05) is 13.6 Å². The Balaban J connectivity index is 0. The smallest absolute Gasteiger partial charge is 0.0785 e. The van der Waals surface area contributed by atoms with Crippen LogP contribution >= 0.6 is 23.2 Å². The summed E-state index contributed by atoms with van der Waals surface area (Å²) in [7, 11) is 0.500. The van der Waals surface area contributed by atoms with Crippen LogP contribution in [-0.4, -0.2) is 13.6 Å². The molecule has 0 bridgehead atoms. The Kier molecular flexibility index (Phi) is 11.5. The summed E-state index contributed by atoms with van der Waals surface area (Å²) in [4.78, 5) is 0. The van der Waals surface area contributed by atoms with E-state index in [0.29, 0.717) is 7.18 Å². The average molecular weight is 225 g/mol. The number of rotatable bonds is 0. The van der Waals surface area contributed by atoms with E-state index in [1.54, 1.807) is 0 Å². The lowest BCUT2D eigenvalue weighted by Gasteiger charge is -1.97. The molecule has 0 aliphatic carbocycles. The van der Waals surface area contributed by atoms with Gasteiger partial charge in [0.15, 0.2) is 0 Å². The lowest BCUT2D eigenvalue weighted by molar-refractivity contribution is 0.636. The monoisotopic (exact) mass is 224 g/mol. The molecule has 0 heterocycles.